The quantitative estimate of drug-likeness (QED) is 0.849. The summed E-state index contributed by atoms with van der Waals surface area (Å²) in [5, 5.41) is 12.6. The molecule has 1 saturated heterocycles. The van der Waals surface area contributed by atoms with Crippen LogP contribution in [0.2, 0.25) is 0 Å². The molecule has 0 unspecified atom stereocenters. The molecule has 0 aliphatic carbocycles. The summed E-state index contributed by atoms with van der Waals surface area (Å²) in [6.45, 7) is 3.26. The monoisotopic (exact) mass is 286 g/mol. The maximum Gasteiger partial charge on any atom is 0.229 e. The molecule has 0 amide bonds. The Morgan fingerprint density at radius 2 is 2.14 bits per heavy atom. The van der Waals surface area contributed by atoms with E-state index in [-0.39, 0.29) is 11.7 Å². The van der Waals surface area contributed by atoms with Crippen LogP contribution in [0.1, 0.15) is 36.0 Å². The van der Waals surface area contributed by atoms with Crippen molar-refractivity contribution in [3.8, 4) is 6.07 Å². The Bertz CT molecular complexity index is 683. The molecule has 0 saturated carbocycles. The third kappa shape index (κ3) is 2.72. The van der Waals surface area contributed by atoms with E-state index in [2.05, 4.69) is 10.1 Å². The Labute approximate surface area is 122 Å². The van der Waals surface area contributed by atoms with E-state index in [1.807, 2.05) is 11.0 Å². The van der Waals surface area contributed by atoms with Gasteiger partial charge in [0.2, 0.25) is 5.89 Å². The smallest absolute Gasteiger partial charge is 0.229 e. The maximum absolute atomic E-state index is 14.0. The Balaban J connectivity index is 1.70. The highest BCUT2D eigenvalue weighted by molar-refractivity contribution is 5.51. The van der Waals surface area contributed by atoms with Crippen LogP contribution in [0.25, 0.3) is 0 Å². The number of rotatable bonds is 2. The second-order valence-corrected chi connectivity index (χ2v) is 5.22. The van der Waals surface area contributed by atoms with E-state index in [0.717, 1.165) is 25.9 Å². The van der Waals surface area contributed by atoms with E-state index < -0.39 is 0 Å². The Morgan fingerprint density at radius 3 is 2.71 bits per heavy atom. The zero-order valence-electron chi connectivity index (χ0n) is 11.7. The lowest BCUT2D eigenvalue weighted by atomic mass is 9.96. The van der Waals surface area contributed by atoms with Gasteiger partial charge in [0, 0.05) is 19.0 Å². The van der Waals surface area contributed by atoms with Crippen LogP contribution in [0.5, 0.6) is 0 Å². The first kappa shape index (κ1) is 13.6. The molecule has 0 N–H and O–H groups in total. The van der Waals surface area contributed by atoms with Crippen molar-refractivity contribution in [2.75, 3.05) is 18.0 Å². The van der Waals surface area contributed by atoms with E-state index >= 15 is 0 Å². The van der Waals surface area contributed by atoms with Crippen molar-refractivity contribution in [3.05, 3.63) is 41.3 Å². The highest BCUT2D eigenvalue weighted by Gasteiger charge is 2.26. The number of nitriles is 1. The number of aromatic nitrogens is 2. The van der Waals surface area contributed by atoms with Crippen LogP contribution in [0, 0.1) is 24.1 Å². The van der Waals surface area contributed by atoms with Crippen LogP contribution in [0.3, 0.4) is 0 Å². The molecule has 0 bridgehead atoms. The van der Waals surface area contributed by atoms with Crippen LogP contribution in [0.4, 0.5) is 10.1 Å². The van der Waals surface area contributed by atoms with Crippen molar-refractivity contribution in [2.45, 2.75) is 25.7 Å². The van der Waals surface area contributed by atoms with Gasteiger partial charge in [-0.1, -0.05) is 5.16 Å². The second-order valence-electron chi connectivity index (χ2n) is 5.22. The van der Waals surface area contributed by atoms with Crippen molar-refractivity contribution in [2.24, 2.45) is 0 Å². The fourth-order valence-corrected chi connectivity index (χ4v) is 2.68. The van der Waals surface area contributed by atoms with Crippen LogP contribution >= 0.6 is 0 Å². The number of hydrogen-bond acceptors (Lipinski definition) is 5. The molecule has 21 heavy (non-hydrogen) atoms. The average Bonchev–Trinajstić information content (AvgIpc) is 2.94. The van der Waals surface area contributed by atoms with Crippen LogP contribution in [-0.4, -0.2) is 23.2 Å². The highest BCUT2D eigenvalue weighted by atomic mass is 19.1. The Kier molecular flexibility index (Phi) is 3.57. The molecule has 1 aromatic heterocycles. The van der Waals surface area contributed by atoms with Crippen LogP contribution in [-0.2, 0) is 0 Å². The minimum atomic E-state index is -0.346. The molecule has 108 valence electrons. The predicted molar refractivity (Wildman–Crippen MR) is 74.3 cm³/mol. The molecular formula is C15H15FN4O. The molecule has 3 rings (SSSR count). The molecular weight excluding hydrogens is 271 g/mol. The maximum atomic E-state index is 14.0. The molecule has 1 fully saturated rings. The van der Waals surface area contributed by atoms with Gasteiger partial charge in [-0.05, 0) is 38.0 Å². The highest BCUT2D eigenvalue weighted by Crippen LogP contribution is 2.30. The molecule has 2 heterocycles. The standard InChI is InChI=1S/C15H15FN4O/c1-10-18-15(21-19-10)12-4-6-20(7-5-12)14-3-2-11(9-17)8-13(14)16/h2-3,8,12H,4-7H2,1H3. The third-order valence-electron chi connectivity index (χ3n) is 3.80. The summed E-state index contributed by atoms with van der Waals surface area (Å²) in [6.07, 6.45) is 1.70. The van der Waals surface area contributed by atoms with Gasteiger partial charge in [0.05, 0.1) is 17.3 Å². The Morgan fingerprint density at radius 1 is 1.38 bits per heavy atom. The third-order valence-corrected chi connectivity index (χ3v) is 3.80. The van der Waals surface area contributed by atoms with Gasteiger partial charge < -0.3 is 9.42 Å². The number of anilines is 1. The normalized spacial score (nSPS) is 16.0. The summed E-state index contributed by atoms with van der Waals surface area (Å²) in [4.78, 5) is 6.26. The summed E-state index contributed by atoms with van der Waals surface area (Å²) in [5.74, 6) is 1.21. The molecule has 1 aromatic carbocycles. The molecule has 1 aliphatic heterocycles. The van der Waals surface area contributed by atoms with E-state index in [9.17, 15) is 4.39 Å². The molecule has 0 spiro atoms. The number of hydrogen-bond donors (Lipinski definition) is 0. The van der Waals surface area contributed by atoms with Gasteiger partial charge >= 0.3 is 0 Å². The number of nitrogens with zero attached hydrogens (tertiary/aromatic N) is 4. The van der Waals surface area contributed by atoms with Gasteiger partial charge in [0.25, 0.3) is 0 Å². The van der Waals surface area contributed by atoms with Crippen molar-refractivity contribution >= 4 is 5.69 Å². The van der Waals surface area contributed by atoms with E-state index in [4.69, 9.17) is 9.78 Å². The first-order chi connectivity index (χ1) is 10.2. The van der Waals surface area contributed by atoms with Crippen LogP contribution in [0.15, 0.2) is 22.7 Å². The summed E-state index contributed by atoms with van der Waals surface area (Å²) in [7, 11) is 0. The SMILES string of the molecule is Cc1noc(C2CCN(c3ccc(C#N)cc3F)CC2)n1. The largest absolute Gasteiger partial charge is 0.369 e. The summed E-state index contributed by atoms with van der Waals surface area (Å²) >= 11 is 0. The first-order valence-corrected chi connectivity index (χ1v) is 6.92. The molecule has 6 heteroatoms. The lowest BCUT2D eigenvalue weighted by Gasteiger charge is -2.32. The van der Waals surface area contributed by atoms with Gasteiger partial charge in [0.1, 0.15) is 5.82 Å². The number of aryl methyl sites for hydroxylation is 1. The van der Waals surface area contributed by atoms with E-state index in [1.165, 1.54) is 6.07 Å². The molecule has 0 radical (unpaired) electrons. The molecule has 0 atom stereocenters. The lowest BCUT2D eigenvalue weighted by Crippen LogP contribution is -2.33. The lowest BCUT2D eigenvalue weighted by molar-refractivity contribution is 0.327. The van der Waals surface area contributed by atoms with Crippen molar-refractivity contribution < 1.29 is 8.91 Å². The summed E-state index contributed by atoms with van der Waals surface area (Å²) in [5.41, 5.74) is 0.890. The fraction of sp³-hybridized carbons (Fsp3) is 0.400. The minimum Gasteiger partial charge on any atom is -0.369 e. The van der Waals surface area contributed by atoms with E-state index in [1.54, 1.807) is 19.1 Å². The summed E-state index contributed by atoms with van der Waals surface area (Å²) < 4.78 is 19.2. The van der Waals surface area contributed by atoms with Crippen molar-refractivity contribution in [1.29, 1.82) is 5.26 Å². The Hall–Kier alpha value is -2.42. The summed E-state index contributed by atoms with van der Waals surface area (Å²) in [6, 6.07) is 6.54. The van der Waals surface area contributed by atoms with Gasteiger partial charge in [-0.25, -0.2) is 4.39 Å². The van der Waals surface area contributed by atoms with Crippen LogP contribution < -0.4 is 4.90 Å². The topological polar surface area (TPSA) is 66.0 Å². The van der Waals surface area contributed by atoms with Gasteiger partial charge in [-0.2, -0.15) is 10.2 Å². The van der Waals surface area contributed by atoms with Crippen molar-refractivity contribution in [3.63, 3.8) is 0 Å². The van der Waals surface area contributed by atoms with E-state index in [0.29, 0.717) is 23.0 Å². The molecule has 2 aromatic rings. The fourth-order valence-electron chi connectivity index (χ4n) is 2.68. The zero-order valence-corrected chi connectivity index (χ0v) is 11.7. The van der Waals surface area contributed by atoms with Gasteiger partial charge in [0.15, 0.2) is 5.82 Å². The zero-order chi connectivity index (χ0) is 14.8. The van der Waals surface area contributed by atoms with Crippen molar-refractivity contribution in [1.82, 2.24) is 10.1 Å². The molecule has 1 aliphatic rings. The predicted octanol–water partition coefficient (Wildman–Crippen LogP) is 2.77. The number of piperidine rings is 1. The van der Waals surface area contributed by atoms with Gasteiger partial charge in [-0.15, -0.1) is 0 Å². The first-order valence-electron chi connectivity index (χ1n) is 6.92. The number of halogens is 1. The number of benzene rings is 1. The second kappa shape index (κ2) is 5.52. The molecule has 5 nitrogen and oxygen atoms in total. The van der Waals surface area contributed by atoms with Gasteiger partial charge in [-0.3, -0.25) is 0 Å². The average molecular weight is 286 g/mol. The minimum absolute atomic E-state index is 0.240.